The molecule has 2 rings (SSSR count). The molecule has 0 fully saturated rings. The van der Waals surface area contributed by atoms with Crippen molar-refractivity contribution >= 4 is 16.6 Å². The lowest BCUT2D eigenvalue weighted by atomic mass is 10.1. The van der Waals surface area contributed by atoms with Gasteiger partial charge >= 0.3 is 6.18 Å². The summed E-state index contributed by atoms with van der Waals surface area (Å²) in [6, 6.07) is 2.21. The van der Waals surface area contributed by atoms with Crippen molar-refractivity contribution in [1.82, 2.24) is 10.2 Å². The quantitative estimate of drug-likeness (QED) is 0.641. The van der Waals surface area contributed by atoms with Crippen molar-refractivity contribution in [2.75, 3.05) is 5.73 Å². The predicted molar refractivity (Wildman–Crippen MR) is 45.5 cm³/mol. The van der Waals surface area contributed by atoms with Gasteiger partial charge in [-0.2, -0.15) is 18.3 Å². The summed E-state index contributed by atoms with van der Waals surface area (Å²) in [5, 5.41) is 6.55. The Morgan fingerprint density at radius 3 is 2.64 bits per heavy atom. The smallest absolute Gasteiger partial charge is 0.398 e. The topological polar surface area (TPSA) is 54.7 Å². The number of hydrogen-bond donors (Lipinski definition) is 2. The molecule has 2 aromatic rings. The Bertz CT molecular complexity index is 472. The molecule has 0 aliphatic carbocycles. The molecule has 1 aromatic heterocycles. The highest BCUT2D eigenvalue weighted by Gasteiger charge is 2.33. The minimum absolute atomic E-state index is 0.297. The largest absolute Gasteiger partial charge is 0.418 e. The molecular weight excluding hydrogens is 195 g/mol. The van der Waals surface area contributed by atoms with Gasteiger partial charge in [0, 0.05) is 11.1 Å². The van der Waals surface area contributed by atoms with Gasteiger partial charge in [0.1, 0.15) is 0 Å². The molecule has 1 heterocycles. The maximum absolute atomic E-state index is 12.4. The Balaban J connectivity index is 2.71. The van der Waals surface area contributed by atoms with Crippen molar-refractivity contribution in [1.29, 1.82) is 0 Å². The molecular formula is C8H6F3N3. The summed E-state index contributed by atoms with van der Waals surface area (Å²) in [6.45, 7) is 0. The van der Waals surface area contributed by atoms with Crippen molar-refractivity contribution < 1.29 is 13.2 Å². The summed E-state index contributed by atoms with van der Waals surface area (Å²) in [5.41, 5.74) is 4.64. The van der Waals surface area contributed by atoms with Crippen molar-refractivity contribution in [3.05, 3.63) is 23.9 Å². The number of aromatic nitrogens is 2. The van der Waals surface area contributed by atoms with E-state index in [2.05, 4.69) is 10.2 Å². The van der Waals surface area contributed by atoms with Gasteiger partial charge in [-0.3, -0.25) is 5.10 Å². The number of alkyl halides is 3. The molecule has 0 unspecified atom stereocenters. The minimum atomic E-state index is -4.42. The highest BCUT2D eigenvalue weighted by molar-refractivity contribution is 5.83. The van der Waals surface area contributed by atoms with Crippen molar-refractivity contribution in [3.63, 3.8) is 0 Å². The first-order chi connectivity index (χ1) is 6.48. The minimum Gasteiger partial charge on any atom is -0.398 e. The van der Waals surface area contributed by atoms with Crippen LogP contribution in [0.4, 0.5) is 18.9 Å². The van der Waals surface area contributed by atoms with Gasteiger partial charge in [0.25, 0.3) is 0 Å². The van der Waals surface area contributed by atoms with E-state index in [4.69, 9.17) is 5.73 Å². The van der Waals surface area contributed by atoms with E-state index < -0.39 is 11.7 Å². The number of hydrogen-bond acceptors (Lipinski definition) is 2. The van der Waals surface area contributed by atoms with Gasteiger partial charge in [0.15, 0.2) is 0 Å². The average Bonchev–Trinajstić information content (AvgIpc) is 2.47. The summed E-state index contributed by atoms with van der Waals surface area (Å²) < 4.78 is 37.1. The third-order valence-electron chi connectivity index (χ3n) is 1.92. The van der Waals surface area contributed by atoms with Crippen LogP contribution in [0.25, 0.3) is 10.9 Å². The molecule has 3 nitrogen and oxygen atoms in total. The molecule has 0 saturated heterocycles. The molecule has 1 aromatic carbocycles. The number of rotatable bonds is 0. The van der Waals surface area contributed by atoms with Crippen molar-refractivity contribution in [2.45, 2.75) is 6.18 Å². The van der Waals surface area contributed by atoms with E-state index >= 15 is 0 Å². The lowest BCUT2D eigenvalue weighted by Crippen LogP contribution is -2.08. The van der Waals surface area contributed by atoms with Gasteiger partial charge in [0.2, 0.25) is 0 Å². The predicted octanol–water partition coefficient (Wildman–Crippen LogP) is 2.16. The Labute approximate surface area is 76.7 Å². The molecule has 0 spiro atoms. The first-order valence-electron chi connectivity index (χ1n) is 3.78. The molecule has 0 aliphatic heterocycles. The Kier molecular flexibility index (Phi) is 1.67. The van der Waals surface area contributed by atoms with E-state index in [9.17, 15) is 13.2 Å². The Hall–Kier alpha value is -1.72. The molecule has 0 radical (unpaired) electrons. The Morgan fingerprint density at radius 1 is 1.29 bits per heavy atom. The molecule has 0 saturated carbocycles. The number of nitrogens with two attached hydrogens (primary N) is 1. The van der Waals surface area contributed by atoms with Crippen LogP contribution in [0.5, 0.6) is 0 Å². The molecule has 0 amide bonds. The van der Waals surface area contributed by atoms with E-state index in [-0.39, 0.29) is 5.69 Å². The van der Waals surface area contributed by atoms with Crippen LogP contribution in [0.15, 0.2) is 18.3 Å². The van der Waals surface area contributed by atoms with Crippen LogP contribution in [0, 0.1) is 0 Å². The molecule has 3 N–H and O–H groups in total. The summed E-state index contributed by atoms with van der Waals surface area (Å²) >= 11 is 0. The number of benzene rings is 1. The van der Waals surface area contributed by atoms with Crippen LogP contribution in [0.1, 0.15) is 5.56 Å². The summed E-state index contributed by atoms with van der Waals surface area (Å²) in [7, 11) is 0. The first kappa shape index (κ1) is 8.86. The third-order valence-corrected chi connectivity index (χ3v) is 1.92. The van der Waals surface area contributed by atoms with Crippen LogP contribution in [-0.4, -0.2) is 10.2 Å². The maximum atomic E-state index is 12.4. The number of nitrogens with one attached hydrogen (secondary N) is 1. The standard InChI is InChI=1S/C8H6F3N3/c9-8(10,11)5-1-4-3-13-14-7(4)2-6(5)12/h1-3H,12H2,(H,13,14). The van der Waals surface area contributed by atoms with Gasteiger partial charge in [-0.1, -0.05) is 0 Å². The number of anilines is 1. The zero-order chi connectivity index (χ0) is 10.3. The van der Waals surface area contributed by atoms with E-state index in [1.54, 1.807) is 0 Å². The number of nitrogens with zero attached hydrogens (tertiary/aromatic N) is 1. The van der Waals surface area contributed by atoms with E-state index in [1.165, 1.54) is 12.3 Å². The lowest BCUT2D eigenvalue weighted by Gasteiger charge is -2.09. The van der Waals surface area contributed by atoms with E-state index in [0.717, 1.165) is 6.07 Å². The highest BCUT2D eigenvalue weighted by Crippen LogP contribution is 2.35. The number of fused-ring (bicyclic) bond motifs is 1. The summed E-state index contributed by atoms with van der Waals surface area (Å²) in [6.07, 6.45) is -3.10. The molecule has 0 aliphatic rings. The monoisotopic (exact) mass is 201 g/mol. The number of aromatic amines is 1. The second kappa shape index (κ2) is 2.63. The maximum Gasteiger partial charge on any atom is 0.418 e. The van der Waals surface area contributed by atoms with Crippen LogP contribution < -0.4 is 5.73 Å². The van der Waals surface area contributed by atoms with Crippen LogP contribution >= 0.6 is 0 Å². The van der Waals surface area contributed by atoms with E-state index in [1.807, 2.05) is 0 Å². The van der Waals surface area contributed by atoms with Crippen molar-refractivity contribution in [3.8, 4) is 0 Å². The molecule has 0 bridgehead atoms. The van der Waals surface area contributed by atoms with Crippen molar-refractivity contribution in [2.24, 2.45) is 0 Å². The molecule has 6 heteroatoms. The van der Waals surface area contributed by atoms with Crippen LogP contribution in [0.2, 0.25) is 0 Å². The highest BCUT2D eigenvalue weighted by atomic mass is 19.4. The van der Waals surface area contributed by atoms with Gasteiger partial charge in [-0.15, -0.1) is 0 Å². The van der Waals surface area contributed by atoms with Gasteiger partial charge in [-0.05, 0) is 12.1 Å². The van der Waals surface area contributed by atoms with Crippen LogP contribution in [0.3, 0.4) is 0 Å². The first-order valence-corrected chi connectivity index (χ1v) is 3.78. The van der Waals surface area contributed by atoms with Gasteiger partial charge in [-0.25, -0.2) is 0 Å². The Morgan fingerprint density at radius 2 is 2.00 bits per heavy atom. The fourth-order valence-corrected chi connectivity index (χ4v) is 1.25. The van der Waals surface area contributed by atoms with E-state index in [0.29, 0.717) is 10.9 Å². The second-order valence-electron chi connectivity index (χ2n) is 2.89. The SMILES string of the molecule is Nc1cc2[nH]ncc2cc1C(F)(F)F. The fourth-order valence-electron chi connectivity index (χ4n) is 1.25. The number of H-pyrrole nitrogens is 1. The zero-order valence-electron chi connectivity index (χ0n) is 6.89. The summed E-state index contributed by atoms with van der Waals surface area (Å²) in [5.74, 6) is 0. The fraction of sp³-hybridized carbons (Fsp3) is 0.125. The number of nitrogen functional groups attached to an aromatic ring is 1. The number of halogens is 3. The summed E-state index contributed by atoms with van der Waals surface area (Å²) in [4.78, 5) is 0. The van der Waals surface area contributed by atoms with Crippen LogP contribution in [-0.2, 0) is 6.18 Å². The normalized spacial score (nSPS) is 12.2. The second-order valence-corrected chi connectivity index (χ2v) is 2.89. The van der Waals surface area contributed by atoms with Gasteiger partial charge in [0.05, 0.1) is 17.3 Å². The molecule has 74 valence electrons. The lowest BCUT2D eigenvalue weighted by molar-refractivity contribution is -0.136. The van der Waals surface area contributed by atoms with Gasteiger partial charge < -0.3 is 5.73 Å². The third kappa shape index (κ3) is 1.28. The zero-order valence-corrected chi connectivity index (χ0v) is 6.89. The molecule has 0 atom stereocenters. The average molecular weight is 201 g/mol. The molecule has 14 heavy (non-hydrogen) atoms.